The van der Waals surface area contributed by atoms with Gasteiger partial charge in [0.15, 0.2) is 0 Å². The number of rotatable bonds is 6. The lowest BCUT2D eigenvalue weighted by atomic mass is 9.95. The van der Waals surface area contributed by atoms with Gasteiger partial charge in [-0.2, -0.15) is 0 Å². The number of nitrogens with one attached hydrogen (secondary N) is 2. The van der Waals surface area contributed by atoms with Crippen LogP contribution in [0.2, 0.25) is 5.02 Å². The fourth-order valence-electron chi connectivity index (χ4n) is 1.89. The van der Waals surface area contributed by atoms with Crippen LogP contribution in [0.3, 0.4) is 0 Å². The number of hydrogen-bond acceptors (Lipinski definition) is 2. The molecule has 6 heteroatoms. The van der Waals surface area contributed by atoms with Gasteiger partial charge in [-0.25, -0.2) is 4.39 Å². The molecule has 2 amide bonds. The van der Waals surface area contributed by atoms with Crippen LogP contribution in [0, 0.1) is 11.7 Å². The van der Waals surface area contributed by atoms with Gasteiger partial charge in [0, 0.05) is 17.0 Å². The second kappa shape index (κ2) is 7.98. The molecule has 21 heavy (non-hydrogen) atoms. The van der Waals surface area contributed by atoms with E-state index in [1.165, 1.54) is 6.07 Å². The van der Waals surface area contributed by atoms with E-state index >= 15 is 0 Å². The van der Waals surface area contributed by atoms with Crippen molar-refractivity contribution in [3.8, 4) is 0 Å². The van der Waals surface area contributed by atoms with E-state index < -0.39 is 11.9 Å². The maximum absolute atomic E-state index is 14.0. The highest BCUT2D eigenvalue weighted by Crippen LogP contribution is 2.26. The summed E-state index contributed by atoms with van der Waals surface area (Å²) in [5, 5.41) is 5.53. The number of benzene rings is 1. The summed E-state index contributed by atoms with van der Waals surface area (Å²) in [6.45, 7) is 5.34. The van der Waals surface area contributed by atoms with E-state index in [9.17, 15) is 14.0 Å². The van der Waals surface area contributed by atoms with E-state index in [1.54, 1.807) is 19.1 Å². The maximum atomic E-state index is 14.0. The number of carbonyl (C=O) groups excluding carboxylic acids is 2. The SMILES string of the molecule is CCC(=O)NCC(=O)N[C@H](c1ccc(Cl)cc1F)C(C)C. The maximum Gasteiger partial charge on any atom is 0.239 e. The van der Waals surface area contributed by atoms with Crippen LogP contribution >= 0.6 is 11.6 Å². The average molecular weight is 315 g/mol. The summed E-state index contributed by atoms with van der Waals surface area (Å²) in [5.41, 5.74) is 0.379. The van der Waals surface area contributed by atoms with Crippen molar-refractivity contribution in [2.24, 2.45) is 5.92 Å². The third-order valence-electron chi connectivity index (χ3n) is 3.05. The lowest BCUT2D eigenvalue weighted by molar-refractivity contribution is -0.126. The van der Waals surface area contributed by atoms with E-state index in [1.807, 2.05) is 13.8 Å². The zero-order chi connectivity index (χ0) is 16.0. The second-order valence-corrected chi connectivity index (χ2v) is 5.52. The molecule has 0 aliphatic heterocycles. The predicted octanol–water partition coefficient (Wildman–Crippen LogP) is 2.82. The molecule has 0 saturated carbocycles. The van der Waals surface area contributed by atoms with Crippen molar-refractivity contribution in [2.75, 3.05) is 6.54 Å². The highest BCUT2D eigenvalue weighted by molar-refractivity contribution is 6.30. The summed E-state index contributed by atoms with van der Waals surface area (Å²) in [4.78, 5) is 23.0. The Morgan fingerprint density at radius 3 is 2.48 bits per heavy atom. The summed E-state index contributed by atoms with van der Waals surface area (Å²) in [5.74, 6) is -1.03. The Hall–Kier alpha value is -1.62. The van der Waals surface area contributed by atoms with Gasteiger partial charge in [-0.3, -0.25) is 9.59 Å². The molecular weight excluding hydrogens is 295 g/mol. The third-order valence-corrected chi connectivity index (χ3v) is 3.28. The topological polar surface area (TPSA) is 58.2 Å². The van der Waals surface area contributed by atoms with Crippen molar-refractivity contribution in [1.29, 1.82) is 0 Å². The highest BCUT2D eigenvalue weighted by Gasteiger charge is 2.21. The molecule has 0 aromatic heterocycles. The highest BCUT2D eigenvalue weighted by atomic mass is 35.5. The molecule has 1 aromatic rings. The second-order valence-electron chi connectivity index (χ2n) is 5.09. The quantitative estimate of drug-likeness (QED) is 0.848. The van der Waals surface area contributed by atoms with Crippen molar-refractivity contribution in [3.05, 3.63) is 34.6 Å². The smallest absolute Gasteiger partial charge is 0.239 e. The molecule has 0 unspecified atom stereocenters. The first-order chi connectivity index (χ1) is 9.85. The fraction of sp³-hybridized carbons (Fsp3) is 0.467. The third kappa shape index (κ3) is 5.34. The fourth-order valence-corrected chi connectivity index (χ4v) is 2.04. The van der Waals surface area contributed by atoms with Crippen LogP contribution in [0.1, 0.15) is 38.8 Å². The lowest BCUT2D eigenvalue weighted by Gasteiger charge is -2.23. The largest absolute Gasteiger partial charge is 0.347 e. The first kappa shape index (κ1) is 17.4. The van der Waals surface area contributed by atoms with Gasteiger partial charge >= 0.3 is 0 Å². The number of amides is 2. The minimum atomic E-state index is -0.478. The van der Waals surface area contributed by atoms with E-state index in [0.717, 1.165) is 0 Å². The molecule has 1 rings (SSSR count). The van der Waals surface area contributed by atoms with Gasteiger partial charge in [0.05, 0.1) is 12.6 Å². The van der Waals surface area contributed by atoms with Gasteiger partial charge < -0.3 is 10.6 Å². The predicted molar refractivity (Wildman–Crippen MR) is 80.4 cm³/mol. The minimum Gasteiger partial charge on any atom is -0.347 e. The Bertz CT molecular complexity index is 520. The molecule has 1 atom stereocenters. The normalized spacial score (nSPS) is 12.1. The van der Waals surface area contributed by atoms with Crippen LogP contribution in [0.25, 0.3) is 0 Å². The monoisotopic (exact) mass is 314 g/mol. The Labute approximate surface area is 129 Å². The zero-order valence-corrected chi connectivity index (χ0v) is 13.1. The molecule has 0 spiro atoms. The molecule has 0 fully saturated rings. The minimum absolute atomic E-state index is 0.00787. The molecule has 116 valence electrons. The van der Waals surface area contributed by atoms with Crippen molar-refractivity contribution in [1.82, 2.24) is 10.6 Å². The molecule has 0 heterocycles. The van der Waals surface area contributed by atoms with Crippen molar-refractivity contribution >= 4 is 23.4 Å². The first-order valence-electron chi connectivity index (χ1n) is 6.86. The molecule has 1 aromatic carbocycles. The van der Waals surface area contributed by atoms with Gasteiger partial charge in [-0.1, -0.05) is 38.4 Å². The van der Waals surface area contributed by atoms with Crippen LogP contribution in [-0.2, 0) is 9.59 Å². The van der Waals surface area contributed by atoms with Crippen LogP contribution in [0.15, 0.2) is 18.2 Å². The summed E-state index contributed by atoms with van der Waals surface area (Å²) < 4.78 is 14.0. The molecule has 4 nitrogen and oxygen atoms in total. The molecular formula is C15H20ClFN2O2. The summed E-state index contributed by atoms with van der Waals surface area (Å²) in [6, 6.07) is 3.89. The number of halogens is 2. The molecule has 0 saturated heterocycles. The number of carbonyl (C=O) groups is 2. The van der Waals surface area contributed by atoms with E-state index in [-0.39, 0.29) is 24.3 Å². The van der Waals surface area contributed by atoms with Crippen LogP contribution < -0.4 is 10.6 Å². The molecule has 2 N–H and O–H groups in total. The van der Waals surface area contributed by atoms with Crippen molar-refractivity contribution in [3.63, 3.8) is 0 Å². The Morgan fingerprint density at radius 2 is 1.95 bits per heavy atom. The standard InChI is InChI=1S/C15H20ClFN2O2/c1-4-13(20)18-8-14(21)19-15(9(2)3)11-6-5-10(16)7-12(11)17/h5-7,9,15H,4,8H2,1-3H3,(H,18,20)(H,19,21)/t15-/m0/s1. The van der Waals surface area contributed by atoms with E-state index in [4.69, 9.17) is 11.6 Å². The number of hydrogen-bond donors (Lipinski definition) is 2. The van der Waals surface area contributed by atoms with Gasteiger partial charge in [0.25, 0.3) is 0 Å². The van der Waals surface area contributed by atoms with E-state index in [0.29, 0.717) is 17.0 Å². The van der Waals surface area contributed by atoms with E-state index in [2.05, 4.69) is 10.6 Å². The van der Waals surface area contributed by atoms with Crippen molar-refractivity contribution < 1.29 is 14.0 Å². The Kier molecular flexibility index (Phi) is 6.62. The molecule has 0 aliphatic rings. The molecule has 0 aliphatic carbocycles. The first-order valence-corrected chi connectivity index (χ1v) is 7.24. The summed E-state index contributed by atoms with van der Waals surface area (Å²) in [7, 11) is 0. The van der Waals surface area contributed by atoms with Gasteiger partial charge in [0.1, 0.15) is 5.82 Å². The van der Waals surface area contributed by atoms with Crippen LogP contribution in [-0.4, -0.2) is 18.4 Å². The molecule has 0 radical (unpaired) electrons. The Balaban J connectivity index is 2.78. The zero-order valence-electron chi connectivity index (χ0n) is 12.4. The average Bonchev–Trinajstić information content (AvgIpc) is 2.42. The van der Waals surface area contributed by atoms with Gasteiger partial charge in [-0.15, -0.1) is 0 Å². The Morgan fingerprint density at radius 1 is 1.29 bits per heavy atom. The van der Waals surface area contributed by atoms with Gasteiger partial charge in [0.2, 0.25) is 11.8 Å². The van der Waals surface area contributed by atoms with Crippen LogP contribution in [0.5, 0.6) is 0 Å². The summed E-state index contributed by atoms with van der Waals surface area (Å²) in [6.07, 6.45) is 0.312. The summed E-state index contributed by atoms with van der Waals surface area (Å²) >= 11 is 5.73. The van der Waals surface area contributed by atoms with Gasteiger partial charge in [-0.05, 0) is 18.1 Å². The molecule has 0 bridgehead atoms. The van der Waals surface area contributed by atoms with Crippen molar-refractivity contribution in [2.45, 2.75) is 33.2 Å². The van der Waals surface area contributed by atoms with Crippen LogP contribution in [0.4, 0.5) is 4.39 Å². The lowest BCUT2D eigenvalue weighted by Crippen LogP contribution is -2.40.